The Hall–Kier alpha value is -1.26. The second-order valence-corrected chi connectivity index (χ2v) is 5.47. The molecule has 2 atom stereocenters. The van der Waals surface area contributed by atoms with Gasteiger partial charge in [0, 0.05) is 10.9 Å². The Kier molecular flexibility index (Phi) is 2.72. The minimum absolute atomic E-state index is 0.367. The molecule has 1 aromatic heterocycles. The first-order valence-electron chi connectivity index (χ1n) is 5.64. The monoisotopic (exact) mass is 283 g/mol. The van der Waals surface area contributed by atoms with Gasteiger partial charge in [-0.3, -0.25) is 0 Å². The zero-order chi connectivity index (χ0) is 12.9. The van der Waals surface area contributed by atoms with Crippen LogP contribution in [0.2, 0.25) is 10.0 Å². The number of hydrogen-bond donors (Lipinski definition) is 1. The Morgan fingerprint density at radius 2 is 2.11 bits per heavy atom. The second kappa shape index (κ2) is 4.14. The number of nitrogens with two attached hydrogens (primary N) is 1. The van der Waals surface area contributed by atoms with Crippen LogP contribution >= 0.6 is 23.2 Å². The van der Waals surface area contributed by atoms with Crippen LogP contribution in [0, 0.1) is 5.92 Å². The lowest BCUT2D eigenvalue weighted by Crippen LogP contribution is -1.92. The fourth-order valence-electron chi connectivity index (χ4n) is 1.94. The normalized spacial score (nSPS) is 22.2. The maximum atomic E-state index is 5.97. The molecule has 1 aliphatic carbocycles. The van der Waals surface area contributed by atoms with Gasteiger partial charge in [-0.05, 0) is 24.5 Å². The summed E-state index contributed by atoms with van der Waals surface area (Å²) in [5.41, 5.74) is 6.88. The van der Waals surface area contributed by atoms with E-state index >= 15 is 0 Å². The molecule has 2 unspecified atom stereocenters. The highest BCUT2D eigenvalue weighted by molar-refractivity contribution is 6.37. The van der Waals surface area contributed by atoms with E-state index < -0.39 is 0 Å². The molecule has 2 aromatic rings. The molecule has 94 valence electrons. The molecule has 0 saturated heterocycles. The maximum Gasteiger partial charge on any atom is 0.260 e. The SMILES string of the molecule is CC1CC1c1noc(-c2cc(Cl)cc(Cl)c2N)n1. The first-order chi connectivity index (χ1) is 8.56. The van der Waals surface area contributed by atoms with Crippen molar-refractivity contribution in [1.29, 1.82) is 0 Å². The Bertz CT molecular complexity index is 611. The number of rotatable bonds is 2. The van der Waals surface area contributed by atoms with E-state index in [-0.39, 0.29) is 0 Å². The van der Waals surface area contributed by atoms with Crippen molar-refractivity contribution in [3.05, 3.63) is 28.0 Å². The summed E-state index contributed by atoms with van der Waals surface area (Å²) in [5.74, 6) is 2.12. The molecule has 0 bridgehead atoms. The van der Waals surface area contributed by atoms with Gasteiger partial charge in [-0.1, -0.05) is 35.3 Å². The number of anilines is 1. The van der Waals surface area contributed by atoms with Gasteiger partial charge in [-0.15, -0.1) is 0 Å². The molecule has 0 spiro atoms. The molecule has 1 aromatic carbocycles. The molecule has 6 heteroatoms. The standard InChI is InChI=1S/C12H11Cl2N3O/c1-5-2-7(5)11-16-12(18-17-11)8-3-6(13)4-9(14)10(8)15/h3-5,7H,2,15H2,1H3. The van der Waals surface area contributed by atoms with Crippen molar-refractivity contribution in [3.63, 3.8) is 0 Å². The summed E-state index contributed by atoms with van der Waals surface area (Å²) in [4.78, 5) is 4.36. The van der Waals surface area contributed by atoms with Gasteiger partial charge in [0.1, 0.15) is 0 Å². The van der Waals surface area contributed by atoms with Crippen LogP contribution < -0.4 is 5.73 Å². The number of halogens is 2. The summed E-state index contributed by atoms with van der Waals surface area (Å²) < 4.78 is 5.23. The quantitative estimate of drug-likeness (QED) is 0.853. The lowest BCUT2D eigenvalue weighted by Gasteiger charge is -2.03. The maximum absolute atomic E-state index is 5.97. The van der Waals surface area contributed by atoms with E-state index in [0.717, 1.165) is 12.2 Å². The van der Waals surface area contributed by atoms with Gasteiger partial charge in [0.05, 0.1) is 16.3 Å². The third-order valence-electron chi connectivity index (χ3n) is 3.21. The topological polar surface area (TPSA) is 64.9 Å². The zero-order valence-electron chi connectivity index (χ0n) is 9.65. The van der Waals surface area contributed by atoms with Crippen LogP contribution in [0.1, 0.15) is 25.1 Å². The van der Waals surface area contributed by atoms with Crippen LogP contribution in [0.15, 0.2) is 16.7 Å². The van der Waals surface area contributed by atoms with E-state index in [2.05, 4.69) is 17.1 Å². The van der Waals surface area contributed by atoms with Crippen LogP contribution in [0.25, 0.3) is 11.5 Å². The van der Waals surface area contributed by atoms with Gasteiger partial charge < -0.3 is 10.3 Å². The van der Waals surface area contributed by atoms with Gasteiger partial charge in [0.15, 0.2) is 5.82 Å². The molecule has 2 N–H and O–H groups in total. The van der Waals surface area contributed by atoms with Crippen LogP contribution in [-0.4, -0.2) is 10.1 Å². The Morgan fingerprint density at radius 1 is 1.39 bits per heavy atom. The predicted molar refractivity (Wildman–Crippen MR) is 70.7 cm³/mol. The van der Waals surface area contributed by atoms with Crippen LogP contribution in [0.4, 0.5) is 5.69 Å². The van der Waals surface area contributed by atoms with E-state index in [1.807, 2.05) is 0 Å². The molecule has 1 saturated carbocycles. The minimum Gasteiger partial charge on any atom is -0.397 e. The second-order valence-electron chi connectivity index (χ2n) is 4.63. The van der Waals surface area contributed by atoms with E-state index in [9.17, 15) is 0 Å². The number of nitrogens with zero attached hydrogens (tertiary/aromatic N) is 2. The summed E-state index contributed by atoms with van der Waals surface area (Å²) in [7, 11) is 0. The average molecular weight is 284 g/mol. The Balaban J connectivity index is 2.02. The Morgan fingerprint density at radius 3 is 2.78 bits per heavy atom. The molecular weight excluding hydrogens is 273 g/mol. The van der Waals surface area contributed by atoms with Crippen molar-refractivity contribution in [2.24, 2.45) is 5.92 Å². The molecule has 1 fully saturated rings. The summed E-state index contributed by atoms with van der Waals surface area (Å²) >= 11 is 11.9. The number of nitrogen functional groups attached to an aromatic ring is 1. The fraction of sp³-hybridized carbons (Fsp3) is 0.333. The first kappa shape index (κ1) is 11.8. The highest BCUT2D eigenvalue weighted by Crippen LogP contribution is 2.46. The largest absolute Gasteiger partial charge is 0.397 e. The third-order valence-corrected chi connectivity index (χ3v) is 3.74. The third kappa shape index (κ3) is 1.95. The average Bonchev–Trinajstić information content (AvgIpc) is 2.87. The van der Waals surface area contributed by atoms with Crippen LogP contribution in [0.5, 0.6) is 0 Å². The van der Waals surface area contributed by atoms with E-state index in [4.69, 9.17) is 33.5 Å². The van der Waals surface area contributed by atoms with Crippen molar-refractivity contribution >= 4 is 28.9 Å². The molecular formula is C12H11Cl2N3O. The van der Waals surface area contributed by atoms with Crippen molar-refractivity contribution in [2.45, 2.75) is 19.3 Å². The zero-order valence-corrected chi connectivity index (χ0v) is 11.2. The molecule has 1 aliphatic rings. The lowest BCUT2D eigenvalue weighted by atomic mass is 10.2. The summed E-state index contributed by atoms with van der Waals surface area (Å²) in [5, 5.41) is 4.85. The van der Waals surface area contributed by atoms with E-state index in [1.165, 1.54) is 0 Å². The van der Waals surface area contributed by atoms with E-state index in [0.29, 0.717) is 39.0 Å². The minimum atomic E-state index is 0.367. The molecule has 0 aliphatic heterocycles. The molecule has 0 radical (unpaired) electrons. The van der Waals surface area contributed by atoms with Gasteiger partial charge >= 0.3 is 0 Å². The Labute approximate surface area is 114 Å². The number of aromatic nitrogens is 2. The fourth-order valence-corrected chi connectivity index (χ4v) is 2.43. The van der Waals surface area contributed by atoms with Crippen LogP contribution in [-0.2, 0) is 0 Å². The van der Waals surface area contributed by atoms with E-state index in [1.54, 1.807) is 12.1 Å². The highest BCUT2D eigenvalue weighted by Gasteiger charge is 2.38. The van der Waals surface area contributed by atoms with Gasteiger partial charge in [-0.25, -0.2) is 0 Å². The molecule has 1 heterocycles. The van der Waals surface area contributed by atoms with Gasteiger partial charge in [0.2, 0.25) is 0 Å². The van der Waals surface area contributed by atoms with Gasteiger partial charge in [0.25, 0.3) is 5.89 Å². The van der Waals surface area contributed by atoms with Crippen molar-refractivity contribution in [1.82, 2.24) is 10.1 Å². The highest BCUT2D eigenvalue weighted by atomic mass is 35.5. The summed E-state index contributed by atoms with van der Waals surface area (Å²) in [6, 6.07) is 3.26. The van der Waals surface area contributed by atoms with Crippen LogP contribution in [0.3, 0.4) is 0 Å². The van der Waals surface area contributed by atoms with Gasteiger partial charge in [-0.2, -0.15) is 4.98 Å². The van der Waals surface area contributed by atoms with Crippen molar-refractivity contribution in [2.75, 3.05) is 5.73 Å². The molecule has 18 heavy (non-hydrogen) atoms. The lowest BCUT2D eigenvalue weighted by molar-refractivity contribution is 0.422. The molecule has 4 nitrogen and oxygen atoms in total. The predicted octanol–water partition coefficient (Wildman–Crippen LogP) is 3.75. The van der Waals surface area contributed by atoms with Crippen molar-refractivity contribution in [3.8, 4) is 11.5 Å². The summed E-state index contributed by atoms with van der Waals surface area (Å²) in [6.45, 7) is 2.16. The molecule has 0 amide bonds. The number of benzene rings is 1. The first-order valence-corrected chi connectivity index (χ1v) is 6.40. The van der Waals surface area contributed by atoms with Crippen molar-refractivity contribution < 1.29 is 4.52 Å². The summed E-state index contributed by atoms with van der Waals surface area (Å²) in [6.07, 6.45) is 1.10. The smallest absolute Gasteiger partial charge is 0.260 e. The molecule has 3 rings (SSSR count). The number of hydrogen-bond acceptors (Lipinski definition) is 4.